The summed E-state index contributed by atoms with van der Waals surface area (Å²) in [5.74, 6) is 0.628. The molecule has 0 aromatic heterocycles. The van der Waals surface area contributed by atoms with Crippen LogP contribution in [0.3, 0.4) is 0 Å². The maximum atomic E-state index is 5.28. The van der Waals surface area contributed by atoms with Crippen LogP contribution in [0.4, 0.5) is 0 Å². The molecule has 0 bridgehead atoms. The highest BCUT2D eigenvalue weighted by Gasteiger charge is 1.81. The van der Waals surface area contributed by atoms with Crippen molar-refractivity contribution in [3.05, 3.63) is 11.6 Å². The minimum absolute atomic E-state index is 0.593. The van der Waals surface area contributed by atoms with E-state index in [0.717, 1.165) is 11.0 Å². The predicted octanol–water partition coefficient (Wildman–Crippen LogP) is 2.63. The Kier molecular flexibility index (Phi) is 4.28. The lowest BCUT2D eigenvalue weighted by atomic mass is 10.8. The Morgan fingerprint density at radius 3 is 2.33 bits per heavy atom. The Bertz CT molecular complexity index is 52.8. The van der Waals surface area contributed by atoms with E-state index >= 15 is 0 Å². The standard InChI is InChI=1S/C3H4Cl2S/c1-3(4)2-6-5/h1-2H2. The predicted molar refractivity (Wildman–Crippen MR) is 33.3 cm³/mol. The van der Waals surface area contributed by atoms with Gasteiger partial charge in [0, 0.05) is 10.8 Å². The smallest absolute Gasteiger partial charge is 0.0438 e. The van der Waals surface area contributed by atoms with Crippen molar-refractivity contribution in [3.8, 4) is 0 Å². The lowest BCUT2D eigenvalue weighted by molar-refractivity contribution is 1.76. The molecular weight excluding hydrogens is 139 g/mol. The zero-order valence-corrected chi connectivity index (χ0v) is 5.41. The molecule has 0 atom stereocenters. The van der Waals surface area contributed by atoms with Crippen molar-refractivity contribution in [1.29, 1.82) is 0 Å². The Hall–Kier alpha value is 0.670. The fraction of sp³-hybridized carbons (Fsp3) is 0.333. The molecule has 3 heteroatoms. The average Bonchev–Trinajstić information content (AvgIpc) is 1.35. The second kappa shape index (κ2) is 3.85. The van der Waals surface area contributed by atoms with Crippen LogP contribution in [0.2, 0.25) is 0 Å². The molecule has 0 heterocycles. The molecule has 0 saturated heterocycles. The third-order valence-corrected chi connectivity index (χ3v) is 1.29. The van der Waals surface area contributed by atoms with Gasteiger partial charge in [-0.1, -0.05) is 29.2 Å². The van der Waals surface area contributed by atoms with Crippen molar-refractivity contribution in [2.75, 3.05) is 5.75 Å². The summed E-state index contributed by atoms with van der Waals surface area (Å²) in [6, 6.07) is 0. The van der Waals surface area contributed by atoms with Crippen molar-refractivity contribution in [3.63, 3.8) is 0 Å². The van der Waals surface area contributed by atoms with Crippen LogP contribution in [0.1, 0.15) is 0 Å². The molecular formula is C3H4Cl2S. The summed E-state index contributed by atoms with van der Waals surface area (Å²) in [5.41, 5.74) is 0. The van der Waals surface area contributed by atoms with Gasteiger partial charge in [0.2, 0.25) is 0 Å². The minimum atomic E-state index is 0.593. The topological polar surface area (TPSA) is 0 Å². The van der Waals surface area contributed by atoms with Crippen LogP contribution in [0.5, 0.6) is 0 Å². The maximum absolute atomic E-state index is 5.28. The quantitative estimate of drug-likeness (QED) is 0.572. The molecule has 36 valence electrons. The Balaban J connectivity index is 2.83. The van der Waals surface area contributed by atoms with Crippen molar-refractivity contribution in [2.24, 2.45) is 0 Å². The van der Waals surface area contributed by atoms with Gasteiger partial charge in [0.15, 0.2) is 0 Å². The van der Waals surface area contributed by atoms with Crippen LogP contribution in [0.15, 0.2) is 11.6 Å². The molecule has 0 aliphatic rings. The summed E-state index contributed by atoms with van der Waals surface area (Å²) in [6.45, 7) is 3.41. The zero-order chi connectivity index (χ0) is 4.99. The monoisotopic (exact) mass is 142 g/mol. The molecule has 6 heavy (non-hydrogen) atoms. The van der Waals surface area contributed by atoms with Crippen LogP contribution < -0.4 is 0 Å². The van der Waals surface area contributed by atoms with E-state index in [-0.39, 0.29) is 0 Å². The number of halogens is 2. The first-order valence-corrected chi connectivity index (χ1v) is 3.53. The molecule has 0 spiro atoms. The molecule has 0 rings (SSSR count). The summed E-state index contributed by atoms with van der Waals surface area (Å²) < 4.78 is 0. The molecule has 0 radical (unpaired) electrons. The third-order valence-electron chi connectivity index (χ3n) is 0.211. The number of hydrogen-bond acceptors (Lipinski definition) is 1. The molecule has 0 fully saturated rings. The minimum Gasteiger partial charge on any atom is -0.0888 e. The van der Waals surface area contributed by atoms with Gasteiger partial charge < -0.3 is 0 Å². The summed E-state index contributed by atoms with van der Waals surface area (Å²) in [4.78, 5) is 0. The van der Waals surface area contributed by atoms with Gasteiger partial charge in [0.05, 0.1) is 0 Å². The maximum Gasteiger partial charge on any atom is 0.0438 e. The number of rotatable bonds is 2. The highest BCUT2D eigenvalue weighted by Crippen LogP contribution is 2.11. The van der Waals surface area contributed by atoms with E-state index in [1.165, 1.54) is 0 Å². The van der Waals surface area contributed by atoms with Crippen molar-refractivity contribution in [2.45, 2.75) is 0 Å². The Morgan fingerprint density at radius 2 is 2.33 bits per heavy atom. The van der Waals surface area contributed by atoms with E-state index < -0.39 is 0 Å². The highest BCUT2D eigenvalue weighted by molar-refractivity contribution is 8.21. The fourth-order valence-electron chi connectivity index (χ4n) is 0.0592. The molecule has 0 unspecified atom stereocenters. The Morgan fingerprint density at radius 1 is 1.83 bits per heavy atom. The molecule has 0 nitrogen and oxygen atoms in total. The summed E-state index contributed by atoms with van der Waals surface area (Å²) in [6.07, 6.45) is 0. The average molecular weight is 143 g/mol. The second-order valence-corrected chi connectivity index (χ2v) is 2.47. The zero-order valence-electron chi connectivity index (χ0n) is 3.08. The lowest BCUT2D eigenvalue weighted by Gasteiger charge is -1.82. The molecule has 0 N–H and O–H groups in total. The van der Waals surface area contributed by atoms with Gasteiger partial charge in [-0.25, -0.2) is 0 Å². The fourth-order valence-corrected chi connectivity index (χ4v) is 0.904. The normalized spacial score (nSPS) is 8.33. The van der Waals surface area contributed by atoms with Gasteiger partial charge in [-0.3, -0.25) is 0 Å². The van der Waals surface area contributed by atoms with Crippen molar-refractivity contribution < 1.29 is 0 Å². The van der Waals surface area contributed by atoms with Gasteiger partial charge in [0.1, 0.15) is 0 Å². The van der Waals surface area contributed by atoms with Crippen molar-refractivity contribution >= 4 is 33.3 Å². The molecule has 0 amide bonds. The van der Waals surface area contributed by atoms with E-state index in [4.69, 9.17) is 22.3 Å². The van der Waals surface area contributed by atoms with E-state index in [9.17, 15) is 0 Å². The van der Waals surface area contributed by atoms with Gasteiger partial charge >= 0.3 is 0 Å². The Labute approximate surface area is 51.0 Å². The summed E-state index contributed by atoms with van der Waals surface area (Å²) >= 11 is 5.28. The molecule has 0 saturated carbocycles. The molecule has 0 aliphatic carbocycles. The van der Waals surface area contributed by atoms with E-state index in [1.807, 2.05) is 0 Å². The first-order valence-electron chi connectivity index (χ1n) is 1.34. The van der Waals surface area contributed by atoms with E-state index in [0.29, 0.717) is 10.8 Å². The van der Waals surface area contributed by atoms with Crippen molar-refractivity contribution in [1.82, 2.24) is 0 Å². The summed E-state index contributed by atoms with van der Waals surface area (Å²) in [5, 5.41) is 0.593. The van der Waals surface area contributed by atoms with E-state index in [2.05, 4.69) is 6.58 Å². The summed E-state index contributed by atoms with van der Waals surface area (Å²) in [7, 11) is 6.32. The van der Waals surface area contributed by atoms with E-state index in [1.54, 1.807) is 0 Å². The van der Waals surface area contributed by atoms with Gasteiger partial charge in [-0.2, -0.15) is 0 Å². The van der Waals surface area contributed by atoms with Crippen LogP contribution in [-0.2, 0) is 0 Å². The first kappa shape index (κ1) is 6.67. The molecule has 0 aliphatic heterocycles. The largest absolute Gasteiger partial charge is 0.0888 e. The highest BCUT2D eigenvalue weighted by atomic mass is 35.7. The number of hydrogen-bond donors (Lipinski definition) is 0. The third kappa shape index (κ3) is 4.67. The lowest BCUT2D eigenvalue weighted by Crippen LogP contribution is -1.65. The molecule has 0 aromatic carbocycles. The van der Waals surface area contributed by atoms with Crippen LogP contribution in [-0.4, -0.2) is 5.75 Å². The van der Waals surface area contributed by atoms with Crippen LogP contribution in [0.25, 0.3) is 0 Å². The first-order chi connectivity index (χ1) is 2.77. The van der Waals surface area contributed by atoms with Crippen LogP contribution in [0, 0.1) is 0 Å². The molecule has 0 aromatic rings. The SMILES string of the molecule is C=C(Cl)CSCl. The van der Waals surface area contributed by atoms with Gasteiger partial charge in [-0.05, 0) is 10.7 Å². The van der Waals surface area contributed by atoms with Gasteiger partial charge in [-0.15, -0.1) is 0 Å². The van der Waals surface area contributed by atoms with Gasteiger partial charge in [0.25, 0.3) is 0 Å². The van der Waals surface area contributed by atoms with Crippen LogP contribution >= 0.6 is 33.3 Å². The second-order valence-electron chi connectivity index (χ2n) is 0.771.